The number of carbonyl (C=O) groups is 1. The molecular formula is C19H28N4O3S. The number of morpholine rings is 1. The van der Waals surface area contributed by atoms with Crippen LogP contribution >= 0.6 is 12.2 Å². The van der Waals surface area contributed by atoms with Crippen molar-refractivity contribution in [2.75, 3.05) is 57.8 Å². The molecule has 3 rings (SSSR count). The van der Waals surface area contributed by atoms with E-state index in [1.54, 1.807) is 24.3 Å². The number of aromatic hydroxyl groups is 1. The van der Waals surface area contributed by atoms with Gasteiger partial charge in [-0.3, -0.25) is 9.69 Å². The number of phenols is 1. The van der Waals surface area contributed by atoms with Gasteiger partial charge in [0.1, 0.15) is 5.75 Å². The second kappa shape index (κ2) is 9.87. The van der Waals surface area contributed by atoms with Gasteiger partial charge in [0.2, 0.25) is 5.91 Å². The first-order valence-electron chi connectivity index (χ1n) is 9.55. The summed E-state index contributed by atoms with van der Waals surface area (Å²) in [5.74, 6) is -0.00622. The number of para-hydroxylation sites is 2. The van der Waals surface area contributed by atoms with Gasteiger partial charge in [0, 0.05) is 45.2 Å². The minimum atomic E-state index is -0.0583. The van der Waals surface area contributed by atoms with Crippen molar-refractivity contribution in [3.05, 3.63) is 24.3 Å². The number of anilines is 1. The van der Waals surface area contributed by atoms with E-state index in [4.69, 9.17) is 17.0 Å². The number of ether oxygens (including phenoxy) is 1. The summed E-state index contributed by atoms with van der Waals surface area (Å²) in [7, 11) is 0. The minimum absolute atomic E-state index is 0.0395. The van der Waals surface area contributed by atoms with Crippen LogP contribution in [0.1, 0.15) is 12.8 Å². The molecule has 0 unspecified atom stereocenters. The second-order valence-corrected chi connectivity index (χ2v) is 7.34. The van der Waals surface area contributed by atoms with Crippen LogP contribution in [0.25, 0.3) is 0 Å². The molecule has 0 bridgehead atoms. The Morgan fingerprint density at radius 1 is 1.19 bits per heavy atom. The molecular weight excluding hydrogens is 364 g/mol. The Morgan fingerprint density at radius 2 is 1.89 bits per heavy atom. The van der Waals surface area contributed by atoms with Gasteiger partial charge in [0.05, 0.1) is 18.9 Å². The first-order valence-corrected chi connectivity index (χ1v) is 9.96. The lowest BCUT2D eigenvalue weighted by atomic mass is 9.96. The monoisotopic (exact) mass is 392 g/mol. The predicted molar refractivity (Wildman–Crippen MR) is 109 cm³/mol. The SMILES string of the molecule is O=C(Nc1ccccc1O)C1CCN(C(=S)NCCN2CCOCC2)CC1. The van der Waals surface area contributed by atoms with Gasteiger partial charge < -0.3 is 25.4 Å². The number of piperidine rings is 1. The van der Waals surface area contributed by atoms with Gasteiger partial charge >= 0.3 is 0 Å². The zero-order chi connectivity index (χ0) is 19.1. The first kappa shape index (κ1) is 19.9. The first-order chi connectivity index (χ1) is 13.1. The molecule has 3 N–H and O–H groups in total. The summed E-state index contributed by atoms with van der Waals surface area (Å²) in [5.41, 5.74) is 0.463. The van der Waals surface area contributed by atoms with Crippen molar-refractivity contribution in [1.82, 2.24) is 15.1 Å². The fourth-order valence-electron chi connectivity index (χ4n) is 3.42. The maximum absolute atomic E-state index is 12.4. The lowest BCUT2D eigenvalue weighted by Crippen LogP contribution is -2.48. The standard InChI is InChI=1S/C19H28N4O3S/c24-17-4-2-1-3-16(17)21-18(25)15-5-8-23(9-6-15)19(27)20-7-10-22-11-13-26-14-12-22/h1-4,15,24H,5-14H2,(H,20,27)(H,21,25). The molecule has 1 aromatic carbocycles. The minimum Gasteiger partial charge on any atom is -0.506 e. The van der Waals surface area contributed by atoms with Crippen LogP contribution in [0.2, 0.25) is 0 Å². The van der Waals surface area contributed by atoms with Gasteiger partial charge in [-0.05, 0) is 37.2 Å². The van der Waals surface area contributed by atoms with Crippen LogP contribution in [0.3, 0.4) is 0 Å². The van der Waals surface area contributed by atoms with E-state index in [1.807, 2.05) is 0 Å². The van der Waals surface area contributed by atoms with Crippen LogP contribution < -0.4 is 10.6 Å². The Labute approximate surface area is 165 Å². The molecule has 1 aromatic rings. The lowest BCUT2D eigenvalue weighted by molar-refractivity contribution is -0.121. The van der Waals surface area contributed by atoms with Crippen molar-refractivity contribution in [3.63, 3.8) is 0 Å². The van der Waals surface area contributed by atoms with Gasteiger partial charge in [0.15, 0.2) is 5.11 Å². The van der Waals surface area contributed by atoms with E-state index in [1.165, 1.54) is 0 Å². The zero-order valence-corrected chi connectivity index (χ0v) is 16.3. The van der Waals surface area contributed by atoms with Gasteiger partial charge in [-0.25, -0.2) is 0 Å². The third-order valence-corrected chi connectivity index (χ3v) is 5.53. The van der Waals surface area contributed by atoms with Crippen LogP contribution in [-0.2, 0) is 9.53 Å². The molecule has 0 saturated carbocycles. The average molecular weight is 393 g/mol. The van der Waals surface area contributed by atoms with E-state index in [-0.39, 0.29) is 17.6 Å². The molecule has 0 atom stereocenters. The number of hydrogen-bond acceptors (Lipinski definition) is 5. The van der Waals surface area contributed by atoms with E-state index in [2.05, 4.69) is 20.4 Å². The third-order valence-electron chi connectivity index (χ3n) is 5.12. The Hall–Kier alpha value is -1.90. The molecule has 1 amide bonds. The van der Waals surface area contributed by atoms with Gasteiger partial charge in [-0.2, -0.15) is 0 Å². The zero-order valence-electron chi connectivity index (χ0n) is 15.5. The number of nitrogens with zero attached hydrogens (tertiary/aromatic N) is 2. The molecule has 0 spiro atoms. The number of thiocarbonyl (C=S) groups is 1. The molecule has 2 heterocycles. The van der Waals surface area contributed by atoms with Crippen LogP contribution in [-0.4, -0.2) is 78.4 Å². The quantitative estimate of drug-likeness (QED) is 0.514. The molecule has 2 aliphatic rings. The summed E-state index contributed by atoms with van der Waals surface area (Å²) >= 11 is 5.51. The molecule has 2 aliphatic heterocycles. The molecule has 27 heavy (non-hydrogen) atoms. The van der Waals surface area contributed by atoms with Gasteiger partial charge in [-0.1, -0.05) is 12.1 Å². The van der Waals surface area contributed by atoms with Crippen molar-refractivity contribution >= 4 is 28.9 Å². The fraction of sp³-hybridized carbons (Fsp3) is 0.579. The maximum atomic E-state index is 12.4. The summed E-state index contributed by atoms with van der Waals surface area (Å²) in [6.45, 7) is 6.89. The molecule has 0 radical (unpaired) electrons. The molecule has 7 nitrogen and oxygen atoms in total. The van der Waals surface area contributed by atoms with E-state index >= 15 is 0 Å². The smallest absolute Gasteiger partial charge is 0.227 e. The average Bonchev–Trinajstić information content (AvgIpc) is 2.70. The highest BCUT2D eigenvalue weighted by molar-refractivity contribution is 7.80. The van der Waals surface area contributed by atoms with Crippen LogP contribution in [0.5, 0.6) is 5.75 Å². The van der Waals surface area contributed by atoms with Gasteiger partial charge in [0.25, 0.3) is 0 Å². The Bertz CT molecular complexity index is 644. The number of carbonyl (C=O) groups excluding carboxylic acids is 1. The molecule has 2 fully saturated rings. The Balaban J connectivity index is 1.37. The third kappa shape index (κ3) is 5.79. The van der Waals surface area contributed by atoms with Crippen molar-refractivity contribution in [2.24, 2.45) is 5.92 Å². The largest absolute Gasteiger partial charge is 0.506 e. The van der Waals surface area contributed by atoms with Gasteiger partial charge in [-0.15, -0.1) is 0 Å². The number of likely N-dealkylation sites (tertiary alicyclic amines) is 1. The maximum Gasteiger partial charge on any atom is 0.227 e. The molecule has 0 aromatic heterocycles. The summed E-state index contributed by atoms with van der Waals surface area (Å²) in [6.07, 6.45) is 1.51. The topological polar surface area (TPSA) is 77.1 Å². The van der Waals surface area contributed by atoms with E-state index < -0.39 is 0 Å². The van der Waals surface area contributed by atoms with Crippen molar-refractivity contribution in [2.45, 2.75) is 12.8 Å². The number of hydrogen-bond donors (Lipinski definition) is 3. The number of nitrogens with one attached hydrogen (secondary N) is 2. The number of phenolic OH excluding ortho intramolecular Hbond substituents is 1. The van der Waals surface area contributed by atoms with Crippen LogP contribution in [0.4, 0.5) is 5.69 Å². The highest BCUT2D eigenvalue weighted by atomic mass is 32.1. The lowest BCUT2D eigenvalue weighted by Gasteiger charge is -2.34. The number of benzene rings is 1. The summed E-state index contributed by atoms with van der Waals surface area (Å²) < 4.78 is 5.35. The van der Waals surface area contributed by atoms with Crippen molar-refractivity contribution in [3.8, 4) is 5.75 Å². The summed E-state index contributed by atoms with van der Waals surface area (Å²) in [6, 6.07) is 6.80. The molecule has 0 aliphatic carbocycles. The molecule has 2 saturated heterocycles. The highest BCUT2D eigenvalue weighted by Crippen LogP contribution is 2.24. The van der Waals surface area contributed by atoms with Crippen LogP contribution in [0.15, 0.2) is 24.3 Å². The summed E-state index contributed by atoms with van der Waals surface area (Å²) in [5, 5.41) is 16.7. The van der Waals surface area contributed by atoms with E-state index in [0.29, 0.717) is 5.69 Å². The predicted octanol–water partition coefficient (Wildman–Crippen LogP) is 1.25. The van der Waals surface area contributed by atoms with E-state index in [9.17, 15) is 9.90 Å². The Kier molecular flexibility index (Phi) is 7.25. The normalized spacial score (nSPS) is 18.9. The van der Waals surface area contributed by atoms with Crippen LogP contribution in [0, 0.1) is 5.92 Å². The second-order valence-electron chi connectivity index (χ2n) is 6.95. The van der Waals surface area contributed by atoms with Crippen molar-refractivity contribution in [1.29, 1.82) is 0 Å². The number of amides is 1. The van der Waals surface area contributed by atoms with E-state index in [0.717, 1.165) is 70.4 Å². The molecule has 8 heteroatoms. The summed E-state index contributed by atoms with van der Waals surface area (Å²) in [4.78, 5) is 16.9. The Morgan fingerprint density at radius 3 is 2.59 bits per heavy atom. The fourth-order valence-corrected chi connectivity index (χ4v) is 3.70. The van der Waals surface area contributed by atoms with Crippen molar-refractivity contribution < 1.29 is 14.6 Å². The highest BCUT2D eigenvalue weighted by Gasteiger charge is 2.26. The number of rotatable bonds is 5. The molecule has 148 valence electrons.